The van der Waals surface area contributed by atoms with Crippen molar-refractivity contribution in [2.75, 3.05) is 11.9 Å². The molecule has 0 fully saturated rings. The zero-order valence-corrected chi connectivity index (χ0v) is 15.4. The first kappa shape index (κ1) is 19.7. The van der Waals surface area contributed by atoms with E-state index in [9.17, 15) is 18.0 Å². The van der Waals surface area contributed by atoms with Crippen LogP contribution in [0.15, 0.2) is 36.4 Å². The molecule has 3 aromatic rings. The molecule has 0 aliphatic carbocycles. The zero-order chi connectivity index (χ0) is 20.3. The van der Waals surface area contributed by atoms with E-state index in [1.165, 1.54) is 6.07 Å². The number of nitrogens with zero attached hydrogens (tertiary/aromatic N) is 3. The molecule has 1 aromatic heterocycles. The summed E-state index contributed by atoms with van der Waals surface area (Å²) < 4.78 is 46.3. The van der Waals surface area contributed by atoms with Gasteiger partial charge in [0.05, 0.1) is 23.4 Å². The summed E-state index contributed by atoms with van der Waals surface area (Å²) in [6, 6.07) is 7.83. The van der Waals surface area contributed by atoms with E-state index in [2.05, 4.69) is 15.6 Å². The summed E-state index contributed by atoms with van der Waals surface area (Å²) in [5.74, 6) is -0.380. The van der Waals surface area contributed by atoms with Crippen molar-refractivity contribution in [2.24, 2.45) is 0 Å². The average Bonchev–Trinajstić information content (AvgIpc) is 3.08. The second-order valence-electron chi connectivity index (χ2n) is 6.12. The Kier molecular flexibility index (Phi) is 5.53. The van der Waals surface area contributed by atoms with Crippen molar-refractivity contribution in [2.45, 2.75) is 33.0 Å². The van der Waals surface area contributed by atoms with Gasteiger partial charge in [-0.1, -0.05) is 12.1 Å². The number of aromatic nitrogens is 3. The number of rotatable bonds is 6. The quantitative estimate of drug-likeness (QED) is 0.670. The van der Waals surface area contributed by atoms with Crippen LogP contribution in [0.5, 0.6) is 5.75 Å². The van der Waals surface area contributed by atoms with Crippen molar-refractivity contribution in [1.82, 2.24) is 15.0 Å². The van der Waals surface area contributed by atoms with Crippen LogP contribution >= 0.6 is 0 Å². The number of amides is 1. The van der Waals surface area contributed by atoms with Gasteiger partial charge in [0.25, 0.3) is 5.91 Å². The van der Waals surface area contributed by atoms with Crippen molar-refractivity contribution < 1.29 is 22.7 Å². The number of nitrogens with one attached hydrogen (secondary N) is 1. The number of halogens is 3. The smallest absolute Gasteiger partial charge is 0.416 e. The van der Waals surface area contributed by atoms with Crippen LogP contribution in [0, 0.1) is 0 Å². The van der Waals surface area contributed by atoms with E-state index < -0.39 is 17.6 Å². The minimum atomic E-state index is -4.53. The number of benzene rings is 2. The van der Waals surface area contributed by atoms with E-state index >= 15 is 0 Å². The van der Waals surface area contributed by atoms with Gasteiger partial charge in [-0.2, -0.15) is 13.2 Å². The van der Waals surface area contributed by atoms with Gasteiger partial charge in [0.2, 0.25) is 0 Å². The predicted octanol–water partition coefficient (Wildman–Crippen LogP) is 4.51. The fourth-order valence-corrected chi connectivity index (χ4v) is 2.68. The summed E-state index contributed by atoms with van der Waals surface area (Å²) in [7, 11) is 0. The molecule has 28 heavy (non-hydrogen) atoms. The minimum Gasteiger partial charge on any atom is -0.491 e. The molecule has 3 rings (SSSR count). The lowest BCUT2D eigenvalue weighted by Gasteiger charge is -2.15. The van der Waals surface area contributed by atoms with Crippen LogP contribution in [0.1, 0.15) is 36.2 Å². The third-order valence-corrected chi connectivity index (χ3v) is 4.09. The van der Waals surface area contributed by atoms with Crippen molar-refractivity contribution in [3.63, 3.8) is 0 Å². The van der Waals surface area contributed by atoms with Gasteiger partial charge in [-0.15, -0.1) is 5.10 Å². The molecule has 0 aliphatic rings. The summed E-state index contributed by atoms with van der Waals surface area (Å²) in [6.07, 6.45) is -3.85. The molecule has 0 aliphatic heterocycles. The second-order valence-corrected chi connectivity index (χ2v) is 6.12. The van der Waals surface area contributed by atoms with Crippen molar-refractivity contribution in [1.29, 1.82) is 0 Å². The van der Waals surface area contributed by atoms with Gasteiger partial charge in [0, 0.05) is 12.1 Å². The molecular weight excluding hydrogens is 373 g/mol. The molecule has 0 radical (unpaired) electrons. The van der Waals surface area contributed by atoms with Crippen LogP contribution in [0.25, 0.3) is 11.0 Å². The molecule has 2 aromatic carbocycles. The summed E-state index contributed by atoms with van der Waals surface area (Å²) in [5, 5.41) is 10.5. The van der Waals surface area contributed by atoms with E-state index in [4.69, 9.17) is 4.74 Å². The third-order valence-electron chi connectivity index (χ3n) is 4.09. The van der Waals surface area contributed by atoms with Crippen LogP contribution in [0.4, 0.5) is 18.9 Å². The molecule has 0 spiro atoms. The number of hydrogen-bond acceptors (Lipinski definition) is 4. The maximum atomic E-state index is 13.1. The zero-order valence-electron chi connectivity index (χ0n) is 15.4. The maximum Gasteiger partial charge on any atom is 0.416 e. The molecule has 1 N–H and O–H groups in total. The molecule has 0 unspecified atom stereocenters. The Hall–Kier alpha value is -3.10. The topological polar surface area (TPSA) is 69.0 Å². The van der Waals surface area contributed by atoms with Crippen LogP contribution in [0.3, 0.4) is 0 Å². The Morgan fingerprint density at radius 3 is 2.64 bits per heavy atom. The molecule has 1 heterocycles. The fraction of sp³-hybridized carbons (Fsp3) is 0.316. The molecule has 6 nitrogen and oxygen atoms in total. The van der Waals surface area contributed by atoms with Crippen LogP contribution in [0.2, 0.25) is 0 Å². The largest absolute Gasteiger partial charge is 0.491 e. The van der Waals surface area contributed by atoms with Crippen LogP contribution < -0.4 is 10.1 Å². The highest BCUT2D eigenvalue weighted by molar-refractivity contribution is 6.06. The Bertz CT molecular complexity index is 998. The molecule has 0 saturated heterocycles. The SMILES string of the molecule is CCCOc1ccc(C(F)(F)F)cc1NC(=O)c1ccc2c(c1)nnn2CC. The number of anilines is 1. The predicted molar refractivity (Wildman–Crippen MR) is 98.4 cm³/mol. The Morgan fingerprint density at radius 2 is 1.96 bits per heavy atom. The number of alkyl halides is 3. The lowest BCUT2D eigenvalue weighted by molar-refractivity contribution is -0.137. The summed E-state index contributed by atoms with van der Waals surface area (Å²) in [4.78, 5) is 12.6. The highest BCUT2D eigenvalue weighted by Gasteiger charge is 2.31. The van der Waals surface area contributed by atoms with Gasteiger partial charge in [-0.05, 0) is 49.7 Å². The second kappa shape index (κ2) is 7.87. The highest BCUT2D eigenvalue weighted by atomic mass is 19.4. The number of fused-ring (bicyclic) bond motifs is 1. The van der Waals surface area contributed by atoms with Crippen LogP contribution in [-0.2, 0) is 12.7 Å². The van der Waals surface area contributed by atoms with E-state index in [1.807, 2.05) is 13.8 Å². The molecular formula is C19H19F3N4O2. The number of aryl methyl sites for hydroxylation is 1. The van der Waals surface area contributed by atoms with E-state index in [1.54, 1.807) is 22.9 Å². The number of ether oxygens (including phenoxy) is 1. The number of carbonyl (C=O) groups is 1. The van der Waals surface area contributed by atoms with Gasteiger partial charge < -0.3 is 10.1 Å². The Balaban J connectivity index is 1.91. The first-order valence-electron chi connectivity index (χ1n) is 8.82. The minimum absolute atomic E-state index is 0.0365. The monoisotopic (exact) mass is 392 g/mol. The summed E-state index contributed by atoms with van der Waals surface area (Å²) in [5.41, 5.74) is 0.652. The Labute approximate surface area is 159 Å². The lowest BCUT2D eigenvalue weighted by atomic mass is 10.1. The number of hydrogen-bond donors (Lipinski definition) is 1. The van der Waals surface area contributed by atoms with Gasteiger partial charge in [0.1, 0.15) is 11.3 Å². The molecule has 0 saturated carbocycles. The molecule has 148 valence electrons. The first-order chi connectivity index (χ1) is 13.3. The van der Waals surface area contributed by atoms with Gasteiger partial charge in [-0.25, -0.2) is 4.68 Å². The van der Waals surface area contributed by atoms with Crippen molar-refractivity contribution in [3.8, 4) is 5.75 Å². The normalized spacial score (nSPS) is 11.6. The standard InChI is InChI=1S/C19H19F3N4O2/c1-3-9-28-17-8-6-13(19(20,21)22)11-15(17)23-18(27)12-5-7-16-14(10-12)24-25-26(16)4-2/h5-8,10-11H,3-4,9H2,1-2H3,(H,23,27). The molecule has 1 amide bonds. The Morgan fingerprint density at radius 1 is 1.18 bits per heavy atom. The third kappa shape index (κ3) is 4.08. The van der Waals surface area contributed by atoms with E-state index in [-0.39, 0.29) is 17.0 Å². The van der Waals surface area contributed by atoms with E-state index in [0.29, 0.717) is 25.1 Å². The van der Waals surface area contributed by atoms with Gasteiger partial charge >= 0.3 is 6.18 Å². The lowest BCUT2D eigenvalue weighted by Crippen LogP contribution is -2.14. The summed E-state index contributed by atoms with van der Waals surface area (Å²) in [6.45, 7) is 4.74. The molecule has 0 bridgehead atoms. The molecule has 0 atom stereocenters. The van der Waals surface area contributed by atoms with Crippen molar-refractivity contribution >= 4 is 22.6 Å². The van der Waals surface area contributed by atoms with Crippen LogP contribution in [-0.4, -0.2) is 27.5 Å². The average molecular weight is 392 g/mol. The number of carbonyl (C=O) groups excluding carboxylic acids is 1. The molecule has 9 heteroatoms. The summed E-state index contributed by atoms with van der Waals surface area (Å²) >= 11 is 0. The van der Waals surface area contributed by atoms with Crippen molar-refractivity contribution in [3.05, 3.63) is 47.5 Å². The maximum absolute atomic E-state index is 13.1. The highest BCUT2D eigenvalue weighted by Crippen LogP contribution is 2.35. The fourth-order valence-electron chi connectivity index (χ4n) is 2.68. The van der Waals surface area contributed by atoms with Gasteiger partial charge in [0.15, 0.2) is 0 Å². The first-order valence-corrected chi connectivity index (χ1v) is 8.82. The van der Waals surface area contributed by atoms with E-state index in [0.717, 1.165) is 17.6 Å². The van der Waals surface area contributed by atoms with Gasteiger partial charge in [-0.3, -0.25) is 4.79 Å².